The van der Waals surface area contributed by atoms with Gasteiger partial charge in [-0.15, -0.1) is 0 Å². The predicted molar refractivity (Wildman–Crippen MR) is 68.1 cm³/mol. The van der Waals surface area contributed by atoms with Crippen LogP contribution in [0.3, 0.4) is 0 Å². The Morgan fingerprint density at radius 2 is 2.35 bits per heavy atom. The number of piperidine rings is 1. The summed E-state index contributed by atoms with van der Waals surface area (Å²) in [6, 6.07) is 6.82. The predicted octanol–water partition coefficient (Wildman–Crippen LogP) is 2.82. The summed E-state index contributed by atoms with van der Waals surface area (Å²) < 4.78 is 5.44. The van der Waals surface area contributed by atoms with Gasteiger partial charge in [0, 0.05) is 17.8 Å². The zero-order chi connectivity index (χ0) is 11.7. The number of aryl methyl sites for hydroxylation is 1. The molecule has 0 saturated carbocycles. The molecule has 1 N–H and O–H groups in total. The van der Waals surface area contributed by atoms with Gasteiger partial charge in [-0.1, -0.05) is 23.7 Å². The van der Waals surface area contributed by atoms with E-state index in [0.29, 0.717) is 6.04 Å². The molecule has 1 saturated heterocycles. The van der Waals surface area contributed by atoms with Crippen molar-refractivity contribution < 1.29 is 4.52 Å². The van der Waals surface area contributed by atoms with Crippen LogP contribution < -0.4 is 5.32 Å². The second kappa shape index (κ2) is 4.49. The first-order chi connectivity index (χ1) is 8.34. The third kappa shape index (κ3) is 2.07. The molecule has 1 fully saturated rings. The molecule has 0 radical (unpaired) electrons. The molecule has 0 amide bonds. The second-order valence-corrected chi connectivity index (χ2v) is 4.93. The van der Waals surface area contributed by atoms with E-state index in [1.54, 1.807) is 0 Å². The molecule has 0 spiro atoms. The molecule has 90 valence electrons. The van der Waals surface area contributed by atoms with Crippen molar-refractivity contribution in [3.05, 3.63) is 29.5 Å². The van der Waals surface area contributed by atoms with E-state index in [1.807, 2.05) is 0 Å². The molecule has 1 aliphatic rings. The molecule has 1 aromatic carbocycles. The monoisotopic (exact) mass is 230 g/mol. The van der Waals surface area contributed by atoms with Gasteiger partial charge in [-0.05, 0) is 37.9 Å². The van der Waals surface area contributed by atoms with Crippen molar-refractivity contribution in [2.45, 2.75) is 38.6 Å². The topological polar surface area (TPSA) is 38.1 Å². The highest BCUT2D eigenvalue weighted by Gasteiger charge is 2.17. The lowest BCUT2D eigenvalue weighted by Gasteiger charge is -2.22. The van der Waals surface area contributed by atoms with Crippen molar-refractivity contribution >= 4 is 11.0 Å². The van der Waals surface area contributed by atoms with Crippen LogP contribution >= 0.6 is 0 Å². The lowest BCUT2D eigenvalue weighted by atomic mass is 9.99. The van der Waals surface area contributed by atoms with Gasteiger partial charge >= 0.3 is 0 Å². The Hall–Kier alpha value is -1.35. The van der Waals surface area contributed by atoms with Crippen molar-refractivity contribution in [2.24, 2.45) is 0 Å². The number of hydrogen-bond acceptors (Lipinski definition) is 3. The number of para-hydroxylation sites is 1. The first-order valence-electron chi connectivity index (χ1n) is 6.42. The SMILES string of the molecule is Cc1cccc2c(CC3CCCCN3)noc12. The molecule has 2 heterocycles. The fourth-order valence-corrected chi connectivity index (χ4v) is 2.63. The van der Waals surface area contributed by atoms with E-state index in [-0.39, 0.29) is 0 Å². The van der Waals surface area contributed by atoms with E-state index < -0.39 is 0 Å². The maximum atomic E-state index is 5.44. The van der Waals surface area contributed by atoms with E-state index in [4.69, 9.17) is 4.52 Å². The van der Waals surface area contributed by atoms with E-state index >= 15 is 0 Å². The van der Waals surface area contributed by atoms with E-state index in [9.17, 15) is 0 Å². The normalized spacial score (nSPS) is 20.9. The highest BCUT2D eigenvalue weighted by atomic mass is 16.5. The summed E-state index contributed by atoms with van der Waals surface area (Å²) in [5, 5.41) is 8.97. The Labute approximate surface area is 101 Å². The Morgan fingerprint density at radius 1 is 1.41 bits per heavy atom. The van der Waals surface area contributed by atoms with Crippen LogP contribution in [0.2, 0.25) is 0 Å². The van der Waals surface area contributed by atoms with Crippen LogP contribution in [-0.2, 0) is 6.42 Å². The quantitative estimate of drug-likeness (QED) is 0.862. The highest BCUT2D eigenvalue weighted by molar-refractivity contribution is 5.82. The van der Waals surface area contributed by atoms with Crippen molar-refractivity contribution in [3.63, 3.8) is 0 Å². The number of nitrogens with zero attached hydrogens (tertiary/aromatic N) is 1. The molecule has 2 aromatic rings. The van der Waals surface area contributed by atoms with E-state index in [0.717, 1.165) is 29.8 Å². The zero-order valence-corrected chi connectivity index (χ0v) is 10.2. The van der Waals surface area contributed by atoms with Crippen molar-refractivity contribution in [1.29, 1.82) is 0 Å². The minimum Gasteiger partial charge on any atom is -0.356 e. The van der Waals surface area contributed by atoms with Crippen LogP contribution in [0.15, 0.2) is 22.7 Å². The molecule has 1 atom stereocenters. The smallest absolute Gasteiger partial charge is 0.170 e. The molecule has 3 rings (SSSR count). The lowest BCUT2D eigenvalue weighted by molar-refractivity contribution is 0.384. The number of hydrogen-bond donors (Lipinski definition) is 1. The maximum Gasteiger partial charge on any atom is 0.170 e. The van der Waals surface area contributed by atoms with E-state index in [2.05, 4.69) is 35.6 Å². The third-order valence-electron chi connectivity index (χ3n) is 3.62. The van der Waals surface area contributed by atoms with Crippen molar-refractivity contribution in [1.82, 2.24) is 10.5 Å². The molecule has 1 aliphatic heterocycles. The second-order valence-electron chi connectivity index (χ2n) is 4.93. The number of rotatable bonds is 2. The van der Waals surface area contributed by atoms with Crippen LogP contribution in [-0.4, -0.2) is 17.7 Å². The van der Waals surface area contributed by atoms with Gasteiger partial charge in [0.1, 0.15) is 0 Å². The summed E-state index contributed by atoms with van der Waals surface area (Å²) in [6.45, 7) is 3.20. The Kier molecular flexibility index (Phi) is 2.85. The zero-order valence-electron chi connectivity index (χ0n) is 10.2. The number of aromatic nitrogens is 1. The highest BCUT2D eigenvalue weighted by Crippen LogP contribution is 2.23. The van der Waals surface area contributed by atoms with Gasteiger partial charge in [0.15, 0.2) is 5.58 Å². The fourth-order valence-electron chi connectivity index (χ4n) is 2.63. The first kappa shape index (κ1) is 10.8. The molecule has 1 unspecified atom stereocenters. The third-order valence-corrected chi connectivity index (χ3v) is 3.62. The Balaban J connectivity index is 1.87. The number of benzene rings is 1. The van der Waals surface area contributed by atoms with Crippen LogP contribution in [0.1, 0.15) is 30.5 Å². The standard InChI is InChI=1S/C14H18N2O/c1-10-5-4-7-12-13(16-17-14(10)12)9-11-6-2-3-8-15-11/h4-5,7,11,15H,2-3,6,8-9H2,1H3. The van der Waals surface area contributed by atoms with Gasteiger partial charge in [-0.3, -0.25) is 0 Å². The molecule has 17 heavy (non-hydrogen) atoms. The maximum absolute atomic E-state index is 5.44. The van der Waals surface area contributed by atoms with Crippen molar-refractivity contribution in [2.75, 3.05) is 6.54 Å². The first-order valence-corrected chi connectivity index (χ1v) is 6.42. The lowest BCUT2D eigenvalue weighted by Crippen LogP contribution is -2.35. The van der Waals surface area contributed by atoms with E-state index in [1.165, 1.54) is 24.6 Å². The summed E-state index contributed by atoms with van der Waals surface area (Å²) in [6.07, 6.45) is 4.86. The van der Waals surface area contributed by atoms with Crippen LogP contribution in [0.5, 0.6) is 0 Å². The molecule has 0 aliphatic carbocycles. The average Bonchev–Trinajstić information content (AvgIpc) is 2.76. The minimum atomic E-state index is 0.567. The van der Waals surface area contributed by atoms with Crippen LogP contribution in [0, 0.1) is 6.92 Å². The molecular weight excluding hydrogens is 212 g/mol. The Bertz CT molecular complexity index is 512. The van der Waals surface area contributed by atoms with Gasteiger partial charge in [0.2, 0.25) is 0 Å². The van der Waals surface area contributed by atoms with Gasteiger partial charge in [-0.2, -0.15) is 0 Å². The molecule has 3 heteroatoms. The summed E-state index contributed by atoms with van der Waals surface area (Å²) in [5.41, 5.74) is 3.21. The molecule has 3 nitrogen and oxygen atoms in total. The summed E-state index contributed by atoms with van der Waals surface area (Å²) in [5.74, 6) is 0. The van der Waals surface area contributed by atoms with Crippen molar-refractivity contribution in [3.8, 4) is 0 Å². The van der Waals surface area contributed by atoms with Gasteiger partial charge < -0.3 is 9.84 Å². The number of fused-ring (bicyclic) bond motifs is 1. The summed E-state index contributed by atoms with van der Waals surface area (Å²) in [7, 11) is 0. The number of nitrogens with one attached hydrogen (secondary N) is 1. The molecular formula is C14H18N2O. The Morgan fingerprint density at radius 3 is 3.18 bits per heavy atom. The molecule has 1 aromatic heterocycles. The van der Waals surface area contributed by atoms with Gasteiger partial charge in [0.05, 0.1) is 5.69 Å². The summed E-state index contributed by atoms with van der Waals surface area (Å²) >= 11 is 0. The average molecular weight is 230 g/mol. The van der Waals surface area contributed by atoms with Crippen LogP contribution in [0.4, 0.5) is 0 Å². The van der Waals surface area contributed by atoms with Gasteiger partial charge in [0.25, 0.3) is 0 Å². The fraction of sp³-hybridized carbons (Fsp3) is 0.500. The van der Waals surface area contributed by atoms with Gasteiger partial charge in [-0.25, -0.2) is 0 Å². The minimum absolute atomic E-state index is 0.567. The molecule has 0 bridgehead atoms. The summed E-state index contributed by atoms with van der Waals surface area (Å²) in [4.78, 5) is 0. The largest absolute Gasteiger partial charge is 0.356 e. The van der Waals surface area contributed by atoms with Crippen LogP contribution in [0.25, 0.3) is 11.0 Å².